The first-order valence-corrected chi connectivity index (χ1v) is 7.68. The number of Topliss-reactive ketones (excluding diaryl/α,β-unsaturated/α-hetero) is 1. The van der Waals surface area contributed by atoms with E-state index in [2.05, 4.69) is 18.7 Å². The van der Waals surface area contributed by atoms with Crippen LogP contribution in [0.2, 0.25) is 0 Å². The quantitative estimate of drug-likeness (QED) is 0.785. The minimum Gasteiger partial charge on any atom is -0.296 e. The molecule has 1 atom stereocenters. The molecule has 0 spiro atoms. The lowest BCUT2D eigenvalue weighted by Crippen LogP contribution is -2.31. The van der Waals surface area contributed by atoms with E-state index >= 15 is 0 Å². The van der Waals surface area contributed by atoms with Crippen molar-refractivity contribution in [1.82, 2.24) is 4.90 Å². The Bertz CT molecular complexity index is 502. The van der Waals surface area contributed by atoms with Gasteiger partial charge < -0.3 is 0 Å². The molecule has 0 radical (unpaired) electrons. The van der Waals surface area contributed by atoms with E-state index in [-0.39, 0.29) is 17.9 Å². The van der Waals surface area contributed by atoms with Crippen molar-refractivity contribution in [3.05, 3.63) is 35.4 Å². The third kappa shape index (κ3) is 4.34. The van der Waals surface area contributed by atoms with Crippen molar-refractivity contribution in [2.45, 2.75) is 33.1 Å². The lowest BCUT2D eigenvalue weighted by molar-refractivity contribution is 0.0927. The lowest BCUT2D eigenvalue weighted by atomic mass is 9.89. The highest BCUT2D eigenvalue weighted by Gasteiger charge is 2.22. The average molecular weight is 295 g/mol. The first-order chi connectivity index (χ1) is 9.97. The molecule has 1 aliphatic rings. The number of hydrogen-bond acceptors (Lipinski definition) is 2. The van der Waals surface area contributed by atoms with E-state index in [1.54, 1.807) is 0 Å². The van der Waals surface area contributed by atoms with Crippen LogP contribution in [0.5, 0.6) is 0 Å². The number of halogens is 2. The number of rotatable bonds is 4. The van der Waals surface area contributed by atoms with Crippen LogP contribution in [-0.4, -0.2) is 30.3 Å². The number of hydrogen-bond donors (Lipinski definition) is 0. The van der Waals surface area contributed by atoms with E-state index in [9.17, 15) is 13.6 Å². The standard InChI is InChI=1S/C17H23F2NO/c1-12(2)13-4-3-8-20(9-7-13)11-17(21)15-10-14(18)5-6-16(15)19/h5-6,10,12-13H,3-4,7-9,11H2,1-2H3. The third-order valence-electron chi connectivity index (χ3n) is 4.40. The fraction of sp³-hybridized carbons (Fsp3) is 0.588. The number of ketones is 1. The Kier molecular flexibility index (Phi) is 5.45. The van der Waals surface area contributed by atoms with Crippen LogP contribution in [0.4, 0.5) is 8.78 Å². The maximum atomic E-state index is 13.6. The van der Waals surface area contributed by atoms with E-state index in [0.717, 1.165) is 44.1 Å². The predicted octanol–water partition coefficient (Wildman–Crippen LogP) is 3.91. The fourth-order valence-corrected chi connectivity index (χ4v) is 3.01. The highest BCUT2D eigenvalue weighted by Crippen LogP contribution is 2.24. The van der Waals surface area contributed by atoms with Crippen molar-refractivity contribution in [3.8, 4) is 0 Å². The SMILES string of the molecule is CC(C)C1CCCN(CC(=O)c2cc(F)ccc2F)CC1. The first-order valence-electron chi connectivity index (χ1n) is 7.68. The van der Waals surface area contributed by atoms with Crippen LogP contribution in [0.1, 0.15) is 43.5 Å². The molecular formula is C17H23F2NO. The molecule has 0 bridgehead atoms. The summed E-state index contributed by atoms with van der Waals surface area (Å²) in [6.07, 6.45) is 3.30. The Morgan fingerprint density at radius 3 is 2.76 bits per heavy atom. The molecule has 1 aliphatic heterocycles. The summed E-state index contributed by atoms with van der Waals surface area (Å²) in [5.74, 6) is -0.209. The summed E-state index contributed by atoms with van der Waals surface area (Å²) in [5.41, 5.74) is -0.139. The van der Waals surface area contributed by atoms with Crippen LogP contribution in [0.15, 0.2) is 18.2 Å². The molecule has 1 saturated heterocycles. The van der Waals surface area contributed by atoms with Crippen LogP contribution in [0, 0.1) is 23.5 Å². The Hall–Kier alpha value is -1.29. The zero-order chi connectivity index (χ0) is 15.4. The highest BCUT2D eigenvalue weighted by molar-refractivity contribution is 5.97. The molecule has 1 unspecified atom stereocenters. The van der Waals surface area contributed by atoms with Crippen LogP contribution < -0.4 is 0 Å². The monoisotopic (exact) mass is 295 g/mol. The van der Waals surface area contributed by atoms with Gasteiger partial charge in [-0.1, -0.05) is 13.8 Å². The van der Waals surface area contributed by atoms with Crippen LogP contribution in [0.3, 0.4) is 0 Å². The number of carbonyl (C=O) groups is 1. The molecule has 0 N–H and O–H groups in total. The van der Waals surface area contributed by atoms with E-state index < -0.39 is 11.6 Å². The topological polar surface area (TPSA) is 20.3 Å². The molecule has 4 heteroatoms. The molecule has 0 aromatic heterocycles. The summed E-state index contributed by atoms with van der Waals surface area (Å²) < 4.78 is 26.8. The maximum Gasteiger partial charge on any atom is 0.179 e. The molecule has 0 saturated carbocycles. The van der Waals surface area contributed by atoms with Crippen molar-refractivity contribution >= 4 is 5.78 Å². The number of benzene rings is 1. The maximum absolute atomic E-state index is 13.6. The van der Waals surface area contributed by atoms with Gasteiger partial charge in [0.1, 0.15) is 11.6 Å². The minimum atomic E-state index is -0.642. The van der Waals surface area contributed by atoms with Crippen molar-refractivity contribution in [2.75, 3.05) is 19.6 Å². The molecule has 0 amide bonds. The zero-order valence-electron chi connectivity index (χ0n) is 12.7. The average Bonchev–Trinajstić information content (AvgIpc) is 2.67. The number of likely N-dealkylation sites (tertiary alicyclic amines) is 1. The summed E-state index contributed by atoms with van der Waals surface area (Å²) in [6.45, 7) is 6.34. The van der Waals surface area contributed by atoms with Gasteiger partial charge in [0.15, 0.2) is 5.78 Å². The van der Waals surface area contributed by atoms with Gasteiger partial charge in [-0.05, 0) is 62.4 Å². The number of nitrogens with zero attached hydrogens (tertiary/aromatic N) is 1. The fourth-order valence-electron chi connectivity index (χ4n) is 3.01. The zero-order valence-corrected chi connectivity index (χ0v) is 12.7. The Morgan fingerprint density at radius 1 is 1.29 bits per heavy atom. The van der Waals surface area contributed by atoms with Gasteiger partial charge in [-0.25, -0.2) is 8.78 Å². The minimum absolute atomic E-state index is 0.139. The van der Waals surface area contributed by atoms with Gasteiger partial charge in [-0.3, -0.25) is 9.69 Å². The molecule has 1 aromatic carbocycles. The Labute approximate surface area is 125 Å². The second-order valence-corrected chi connectivity index (χ2v) is 6.26. The molecule has 2 rings (SSSR count). The smallest absolute Gasteiger partial charge is 0.179 e. The summed E-state index contributed by atoms with van der Waals surface area (Å²) in [6, 6.07) is 3.04. The van der Waals surface area contributed by atoms with E-state index in [0.29, 0.717) is 11.8 Å². The molecule has 21 heavy (non-hydrogen) atoms. The first kappa shape index (κ1) is 16.1. The van der Waals surface area contributed by atoms with Crippen LogP contribution >= 0.6 is 0 Å². The largest absolute Gasteiger partial charge is 0.296 e. The second kappa shape index (κ2) is 7.12. The molecule has 1 fully saturated rings. The Balaban J connectivity index is 1.98. The summed E-state index contributed by atoms with van der Waals surface area (Å²) in [7, 11) is 0. The van der Waals surface area contributed by atoms with Crippen molar-refractivity contribution in [1.29, 1.82) is 0 Å². The molecular weight excluding hydrogens is 272 g/mol. The molecule has 1 aromatic rings. The normalized spacial score (nSPS) is 20.5. The molecule has 0 aliphatic carbocycles. The summed E-state index contributed by atoms with van der Waals surface area (Å²) >= 11 is 0. The lowest BCUT2D eigenvalue weighted by Gasteiger charge is -2.20. The highest BCUT2D eigenvalue weighted by atomic mass is 19.1. The van der Waals surface area contributed by atoms with Gasteiger partial charge in [0.05, 0.1) is 12.1 Å². The molecule has 1 heterocycles. The van der Waals surface area contributed by atoms with Crippen molar-refractivity contribution in [2.24, 2.45) is 11.8 Å². The van der Waals surface area contributed by atoms with Gasteiger partial charge in [0.2, 0.25) is 0 Å². The third-order valence-corrected chi connectivity index (χ3v) is 4.40. The molecule has 116 valence electrons. The van der Waals surface area contributed by atoms with Crippen molar-refractivity contribution in [3.63, 3.8) is 0 Å². The Morgan fingerprint density at radius 2 is 2.05 bits per heavy atom. The summed E-state index contributed by atoms with van der Waals surface area (Å²) in [5, 5.41) is 0. The van der Waals surface area contributed by atoms with Gasteiger partial charge in [-0.2, -0.15) is 0 Å². The molecule has 2 nitrogen and oxygen atoms in total. The van der Waals surface area contributed by atoms with Gasteiger partial charge in [0.25, 0.3) is 0 Å². The van der Waals surface area contributed by atoms with Crippen LogP contribution in [-0.2, 0) is 0 Å². The van der Waals surface area contributed by atoms with Gasteiger partial charge >= 0.3 is 0 Å². The number of carbonyl (C=O) groups excluding carboxylic acids is 1. The van der Waals surface area contributed by atoms with E-state index in [1.807, 2.05) is 0 Å². The van der Waals surface area contributed by atoms with Gasteiger partial charge in [-0.15, -0.1) is 0 Å². The summed E-state index contributed by atoms with van der Waals surface area (Å²) in [4.78, 5) is 14.2. The van der Waals surface area contributed by atoms with E-state index in [1.165, 1.54) is 6.42 Å². The van der Waals surface area contributed by atoms with Gasteiger partial charge in [0, 0.05) is 0 Å². The second-order valence-electron chi connectivity index (χ2n) is 6.26. The van der Waals surface area contributed by atoms with Crippen molar-refractivity contribution < 1.29 is 13.6 Å². The predicted molar refractivity (Wildman–Crippen MR) is 79.3 cm³/mol. The van der Waals surface area contributed by atoms with E-state index in [4.69, 9.17) is 0 Å². The van der Waals surface area contributed by atoms with Crippen LogP contribution in [0.25, 0.3) is 0 Å².